The van der Waals surface area contributed by atoms with E-state index in [-0.39, 0.29) is 18.4 Å². The van der Waals surface area contributed by atoms with Crippen LogP contribution in [0.15, 0.2) is 51.4 Å². The minimum absolute atomic E-state index is 0.0139. The molecule has 0 spiro atoms. The van der Waals surface area contributed by atoms with Crippen molar-refractivity contribution < 1.29 is 9.59 Å². The van der Waals surface area contributed by atoms with E-state index in [1.54, 1.807) is 18.2 Å². The third-order valence-corrected chi connectivity index (χ3v) is 4.04. The smallest absolute Gasteiger partial charge is 0.258 e. The van der Waals surface area contributed by atoms with Crippen molar-refractivity contribution in [1.29, 1.82) is 0 Å². The molecule has 106 valence electrons. The van der Waals surface area contributed by atoms with Gasteiger partial charge in [0.1, 0.15) is 6.54 Å². The van der Waals surface area contributed by atoms with Crippen LogP contribution >= 0.6 is 31.9 Å². The van der Waals surface area contributed by atoms with Crippen LogP contribution in [0.3, 0.4) is 0 Å². The molecule has 21 heavy (non-hydrogen) atoms. The maximum atomic E-state index is 12.7. The number of amides is 2. The highest BCUT2D eigenvalue weighted by atomic mass is 79.9. The first-order chi connectivity index (χ1) is 10.0. The van der Waals surface area contributed by atoms with Gasteiger partial charge in [0.15, 0.2) is 0 Å². The zero-order valence-electron chi connectivity index (χ0n) is 10.8. The van der Waals surface area contributed by atoms with Crippen molar-refractivity contribution in [3.63, 3.8) is 0 Å². The molecule has 2 aromatic carbocycles. The second-order valence-electron chi connectivity index (χ2n) is 4.61. The highest BCUT2D eigenvalue weighted by Gasteiger charge is 2.27. The van der Waals surface area contributed by atoms with Crippen LogP contribution in [0, 0.1) is 0 Å². The Morgan fingerprint density at radius 3 is 2.48 bits per heavy atom. The minimum atomic E-state index is -0.209. The van der Waals surface area contributed by atoms with Crippen LogP contribution in [-0.2, 0) is 4.79 Å². The molecule has 0 aliphatic carbocycles. The summed E-state index contributed by atoms with van der Waals surface area (Å²) >= 11 is 6.74. The van der Waals surface area contributed by atoms with Gasteiger partial charge in [0.25, 0.3) is 5.91 Å². The molecule has 0 radical (unpaired) electrons. The van der Waals surface area contributed by atoms with E-state index in [0.717, 1.165) is 8.95 Å². The summed E-state index contributed by atoms with van der Waals surface area (Å²) in [6.45, 7) is 0.0139. The Bertz CT molecular complexity index is 726. The molecule has 0 unspecified atom stereocenters. The molecule has 0 fully saturated rings. The third-order valence-electron chi connectivity index (χ3n) is 3.13. The van der Waals surface area contributed by atoms with E-state index in [2.05, 4.69) is 37.2 Å². The number of hydrogen-bond donors (Lipinski definition) is 1. The van der Waals surface area contributed by atoms with Gasteiger partial charge in [0, 0.05) is 14.5 Å². The predicted octanol–water partition coefficient (Wildman–Crippen LogP) is 3.81. The van der Waals surface area contributed by atoms with Gasteiger partial charge in [0.05, 0.1) is 11.4 Å². The summed E-state index contributed by atoms with van der Waals surface area (Å²) in [5.41, 5.74) is 1.87. The van der Waals surface area contributed by atoms with Crippen molar-refractivity contribution in [3.05, 3.63) is 57.0 Å². The van der Waals surface area contributed by atoms with Crippen LogP contribution in [0.4, 0.5) is 11.4 Å². The van der Waals surface area contributed by atoms with Gasteiger partial charge in [-0.1, -0.05) is 44.0 Å². The van der Waals surface area contributed by atoms with E-state index in [0.29, 0.717) is 16.9 Å². The first kappa shape index (κ1) is 14.3. The Balaban J connectivity index is 2.03. The molecule has 0 saturated carbocycles. The number of carbonyl (C=O) groups is 2. The summed E-state index contributed by atoms with van der Waals surface area (Å²) in [4.78, 5) is 26.0. The van der Waals surface area contributed by atoms with Crippen molar-refractivity contribution >= 4 is 55.0 Å². The van der Waals surface area contributed by atoms with Crippen LogP contribution in [0.5, 0.6) is 0 Å². The number of para-hydroxylation sites is 2. The molecule has 3 rings (SSSR count). The van der Waals surface area contributed by atoms with Crippen LogP contribution in [0.25, 0.3) is 0 Å². The topological polar surface area (TPSA) is 49.4 Å². The number of nitrogens with one attached hydrogen (secondary N) is 1. The molecule has 4 nitrogen and oxygen atoms in total. The van der Waals surface area contributed by atoms with E-state index in [1.807, 2.05) is 24.3 Å². The van der Waals surface area contributed by atoms with Crippen molar-refractivity contribution in [3.8, 4) is 0 Å². The van der Waals surface area contributed by atoms with Gasteiger partial charge in [-0.25, -0.2) is 0 Å². The van der Waals surface area contributed by atoms with E-state index < -0.39 is 0 Å². The standard InChI is InChI=1S/C15H10Br2N2O2/c16-10-5-9(6-11(17)7-10)15(21)19-8-14(20)18-12-3-1-2-4-13(12)19/h1-7H,8H2,(H,18,20). The third kappa shape index (κ3) is 2.87. The molecule has 2 aromatic rings. The Morgan fingerprint density at radius 2 is 1.76 bits per heavy atom. The fourth-order valence-electron chi connectivity index (χ4n) is 2.25. The van der Waals surface area contributed by atoms with Crippen LogP contribution in [0.1, 0.15) is 10.4 Å². The first-order valence-electron chi connectivity index (χ1n) is 6.21. The second kappa shape index (κ2) is 5.61. The molecular weight excluding hydrogens is 400 g/mol. The van der Waals surface area contributed by atoms with Gasteiger partial charge in [0.2, 0.25) is 5.91 Å². The molecule has 1 aliphatic rings. The molecular formula is C15H10Br2N2O2. The second-order valence-corrected chi connectivity index (χ2v) is 6.45. The minimum Gasteiger partial charge on any atom is -0.323 e. The summed E-state index contributed by atoms with van der Waals surface area (Å²) < 4.78 is 1.60. The summed E-state index contributed by atoms with van der Waals surface area (Å²) in [7, 11) is 0. The van der Waals surface area contributed by atoms with Crippen molar-refractivity contribution in [2.75, 3.05) is 16.8 Å². The van der Waals surface area contributed by atoms with Gasteiger partial charge in [-0.3, -0.25) is 14.5 Å². The molecule has 0 bridgehead atoms. The fraction of sp³-hybridized carbons (Fsp3) is 0.0667. The van der Waals surface area contributed by atoms with Gasteiger partial charge in [-0.05, 0) is 30.3 Å². The maximum absolute atomic E-state index is 12.7. The number of rotatable bonds is 1. The molecule has 0 aromatic heterocycles. The summed E-state index contributed by atoms with van der Waals surface area (Å²) in [5, 5.41) is 2.77. The average molecular weight is 410 g/mol. The number of hydrogen-bond acceptors (Lipinski definition) is 2. The number of anilines is 2. The lowest BCUT2D eigenvalue weighted by molar-refractivity contribution is -0.115. The van der Waals surface area contributed by atoms with Crippen molar-refractivity contribution in [2.45, 2.75) is 0 Å². The largest absolute Gasteiger partial charge is 0.323 e. The number of nitrogens with zero attached hydrogens (tertiary/aromatic N) is 1. The van der Waals surface area contributed by atoms with E-state index in [1.165, 1.54) is 4.90 Å². The predicted molar refractivity (Wildman–Crippen MR) is 88.6 cm³/mol. The van der Waals surface area contributed by atoms with Gasteiger partial charge >= 0.3 is 0 Å². The Labute approximate surface area is 138 Å². The van der Waals surface area contributed by atoms with E-state index >= 15 is 0 Å². The van der Waals surface area contributed by atoms with Crippen molar-refractivity contribution in [2.24, 2.45) is 0 Å². The molecule has 1 N–H and O–H groups in total. The van der Waals surface area contributed by atoms with Crippen molar-refractivity contribution in [1.82, 2.24) is 0 Å². The molecule has 6 heteroatoms. The molecule has 1 heterocycles. The van der Waals surface area contributed by atoms with Crippen LogP contribution in [-0.4, -0.2) is 18.4 Å². The molecule has 1 aliphatic heterocycles. The molecule has 0 atom stereocenters. The summed E-state index contributed by atoms with van der Waals surface area (Å²) in [5.74, 6) is -0.407. The Kier molecular flexibility index (Phi) is 3.82. The lowest BCUT2D eigenvalue weighted by atomic mass is 10.1. The quantitative estimate of drug-likeness (QED) is 0.778. The van der Waals surface area contributed by atoms with Crippen LogP contribution < -0.4 is 10.2 Å². The number of benzene rings is 2. The Hall–Kier alpha value is -1.66. The van der Waals surface area contributed by atoms with Gasteiger partial charge < -0.3 is 5.32 Å². The average Bonchev–Trinajstić information content (AvgIpc) is 2.44. The number of fused-ring (bicyclic) bond motifs is 1. The zero-order valence-corrected chi connectivity index (χ0v) is 13.9. The zero-order chi connectivity index (χ0) is 15.0. The molecule has 0 saturated heterocycles. The summed E-state index contributed by atoms with van der Waals surface area (Å²) in [6.07, 6.45) is 0. The number of carbonyl (C=O) groups excluding carboxylic acids is 2. The first-order valence-corrected chi connectivity index (χ1v) is 7.80. The highest BCUT2D eigenvalue weighted by molar-refractivity contribution is 9.11. The van der Waals surface area contributed by atoms with Gasteiger partial charge in [-0.15, -0.1) is 0 Å². The van der Waals surface area contributed by atoms with E-state index in [9.17, 15) is 9.59 Å². The maximum Gasteiger partial charge on any atom is 0.258 e. The normalized spacial score (nSPS) is 13.6. The SMILES string of the molecule is O=C1CN(C(=O)c2cc(Br)cc(Br)c2)c2ccccc2N1. The highest BCUT2D eigenvalue weighted by Crippen LogP contribution is 2.31. The molecule has 2 amide bonds. The number of halogens is 2. The van der Waals surface area contributed by atoms with Crippen LogP contribution in [0.2, 0.25) is 0 Å². The Morgan fingerprint density at radius 1 is 1.10 bits per heavy atom. The monoisotopic (exact) mass is 408 g/mol. The lowest BCUT2D eigenvalue weighted by Gasteiger charge is -2.29. The van der Waals surface area contributed by atoms with E-state index in [4.69, 9.17) is 0 Å². The summed E-state index contributed by atoms with van der Waals surface area (Å²) in [6, 6.07) is 12.6. The fourth-order valence-corrected chi connectivity index (χ4v) is 3.54. The lowest BCUT2D eigenvalue weighted by Crippen LogP contribution is -2.42. The van der Waals surface area contributed by atoms with Gasteiger partial charge in [-0.2, -0.15) is 0 Å².